The van der Waals surface area contributed by atoms with Crippen LogP contribution in [0.5, 0.6) is 5.75 Å². The molecule has 6 nitrogen and oxygen atoms in total. The number of hydrazone groups is 1. The van der Waals surface area contributed by atoms with Gasteiger partial charge in [-0.25, -0.2) is 5.43 Å². The molecule has 0 fully saturated rings. The second-order valence-electron chi connectivity index (χ2n) is 6.06. The number of rotatable bonds is 8. The number of nitrogens with one attached hydrogen (secondary N) is 1. The van der Waals surface area contributed by atoms with E-state index in [1.54, 1.807) is 13.1 Å². The minimum Gasteiger partial charge on any atom is -0.494 e. The third-order valence-corrected chi connectivity index (χ3v) is 3.30. The van der Waals surface area contributed by atoms with Gasteiger partial charge in [-0.2, -0.15) is 15.3 Å². The number of benzene rings is 1. The van der Waals surface area contributed by atoms with Crippen molar-refractivity contribution in [3.8, 4) is 11.8 Å². The molecule has 1 aromatic heterocycles. The van der Waals surface area contributed by atoms with Crippen LogP contribution in [0.4, 0.5) is 5.88 Å². The first-order valence-electron chi connectivity index (χ1n) is 8.08. The Balaban J connectivity index is 2.00. The fraction of sp³-hybridized carbons (Fsp3) is 0.316. The Bertz CT molecular complexity index is 800. The zero-order valence-electron chi connectivity index (χ0n) is 14.7. The van der Waals surface area contributed by atoms with Gasteiger partial charge in [0, 0.05) is 5.57 Å². The van der Waals surface area contributed by atoms with Gasteiger partial charge in [0.2, 0.25) is 11.6 Å². The number of aromatic nitrogens is 1. The molecule has 0 saturated carbocycles. The van der Waals surface area contributed by atoms with Crippen molar-refractivity contribution in [1.82, 2.24) is 4.98 Å². The summed E-state index contributed by atoms with van der Waals surface area (Å²) >= 11 is 0. The summed E-state index contributed by atoms with van der Waals surface area (Å²) in [4.78, 5) is 4.03. The van der Waals surface area contributed by atoms with Gasteiger partial charge in [0.05, 0.1) is 12.8 Å². The fourth-order valence-electron chi connectivity index (χ4n) is 1.92. The summed E-state index contributed by atoms with van der Waals surface area (Å²) in [5.41, 5.74) is 4.35. The van der Waals surface area contributed by atoms with Crippen molar-refractivity contribution < 1.29 is 9.15 Å². The third-order valence-electron chi connectivity index (χ3n) is 3.30. The number of oxazole rings is 1. The Labute approximate surface area is 147 Å². The first-order chi connectivity index (χ1) is 12.0. The Morgan fingerprint density at radius 2 is 2.32 bits per heavy atom. The van der Waals surface area contributed by atoms with E-state index >= 15 is 0 Å². The number of hydrogen-bond acceptors (Lipinski definition) is 6. The minimum absolute atomic E-state index is 0.140. The second-order valence-corrected chi connectivity index (χ2v) is 6.06. The van der Waals surface area contributed by atoms with E-state index in [4.69, 9.17) is 14.4 Å². The van der Waals surface area contributed by atoms with Crippen LogP contribution in [0.2, 0.25) is 0 Å². The van der Waals surface area contributed by atoms with Gasteiger partial charge in [-0.1, -0.05) is 32.6 Å². The summed E-state index contributed by atoms with van der Waals surface area (Å²) in [5, 5.41) is 13.2. The molecule has 2 rings (SSSR count). The van der Waals surface area contributed by atoms with Crippen molar-refractivity contribution in [1.29, 1.82) is 5.26 Å². The van der Waals surface area contributed by atoms with E-state index in [0.717, 1.165) is 17.7 Å². The smallest absolute Gasteiger partial charge is 0.252 e. The molecule has 0 spiro atoms. The molecule has 0 unspecified atom stereocenters. The lowest BCUT2D eigenvalue weighted by Gasteiger charge is -2.08. The van der Waals surface area contributed by atoms with E-state index in [9.17, 15) is 0 Å². The summed E-state index contributed by atoms with van der Waals surface area (Å²) in [5.74, 6) is 1.91. The Morgan fingerprint density at radius 3 is 3.00 bits per heavy atom. The van der Waals surface area contributed by atoms with E-state index in [1.807, 2.05) is 30.3 Å². The zero-order chi connectivity index (χ0) is 18.2. The monoisotopic (exact) mass is 338 g/mol. The third kappa shape index (κ3) is 5.50. The molecule has 0 aliphatic heterocycles. The number of ether oxygens (including phenoxy) is 1. The summed E-state index contributed by atoms with van der Waals surface area (Å²) in [7, 11) is 0. The maximum Gasteiger partial charge on any atom is 0.252 e. The van der Waals surface area contributed by atoms with Crippen LogP contribution in [-0.2, 0) is 0 Å². The lowest BCUT2D eigenvalue weighted by Crippen LogP contribution is -2.01. The predicted molar refractivity (Wildman–Crippen MR) is 98.5 cm³/mol. The molecule has 0 bridgehead atoms. The highest BCUT2D eigenvalue weighted by atomic mass is 16.5. The van der Waals surface area contributed by atoms with Crippen molar-refractivity contribution in [3.05, 3.63) is 48.0 Å². The van der Waals surface area contributed by atoms with Gasteiger partial charge in [-0.05, 0) is 37.0 Å². The van der Waals surface area contributed by atoms with Gasteiger partial charge in [0.15, 0.2) is 0 Å². The van der Waals surface area contributed by atoms with Gasteiger partial charge < -0.3 is 9.15 Å². The van der Waals surface area contributed by atoms with E-state index in [0.29, 0.717) is 24.0 Å². The lowest BCUT2D eigenvalue weighted by molar-refractivity contribution is 0.289. The Morgan fingerprint density at radius 1 is 1.52 bits per heavy atom. The van der Waals surface area contributed by atoms with Crippen molar-refractivity contribution in [2.75, 3.05) is 12.0 Å². The Kier molecular flexibility index (Phi) is 6.35. The van der Waals surface area contributed by atoms with Crippen LogP contribution in [0.15, 0.2) is 40.4 Å². The molecular weight excluding hydrogens is 316 g/mol. The zero-order valence-corrected chi connectivity index (χ0v) is 14.7. The van der Waals surface area contributed by atoms with Crippen molar-refractivity contribution in [2.45, 2.75) is 27.2 Å². The van der Waals surface area contributed by atoms with Gasteiger partial charge in [0.25, 0.3) is 5.88 Å². The average Bonchev–Trinajstić information content (AvgIpc) is 2.98. The number of allylic oxidation sites excluding steroid dienone is 1. The summed E-state index contributed by atoms with van der Waals surface area (Å²) < 4.78 is 11.1. The molecule has 0 amide bonds. The topological polar surface area (TPSA) is 83.4 Å². The largest absolute Gasteiger partial charge is 0.494 e. The first-order valence-corrected chi connectivity index (χ1v) is 8.08. The molecule has 0 aliphatic rings. The molecule has 0 radical (unpaired) electrons. The molecule has 0 saturated heterocycles. The lowest BCUT2D eigenvalue weighted by atomic mass is 10.1. The number of anilines is 1. The summed E-state index contributed by atoms with van der Waals surface area (Å²) in [6, 6.07) is 9.58. The van der Waals surface area contributed by atoms with Crippen LogP contribution in [-0.4, -0.2) is 17.8 Å². The van der Waals surface area contributed by atoms with Gasteiger partial charge in [-0.15, -0.1) is 0 Å². The molecule has 1 aromatic carbocycles. The molecule has 1 N–H and O–H groups in total. The molecule has 6 heteroatoms. The predicted octanol–water partition coefficient (Wildman–Crippen LogP) is 4.45. The fourth-order valence-corrected chi connectivity index (χ4v) is 1.92. The molecule has 130 valence electrons. The van der Waals surface area contributed by atoms with Crippen molar-refractivity contribution >= 4 is 17.7 Å². The maximum atomic E-state index is 9.08. The van der Waals surface area contributed by atoms with Crippen LogP contribution in [0.3, 0.4) is 0 Å². The molecule has 0 atom stereocenters. The van der Waals surface area contributed by atoms with Gasteiger partial charge in [-0.3, -0.25) is 0 Å². The molecule has 25 heavy (non-hydrogen) atoms. The highest BCUT2D eigenvalue weighted by molar-refractivity contribution is 5.80. The second kappa shape index (κ2) is 8.69. The van der Waals surface area contributed by atoms with Crippen LogP contribution in [0.25, 0.3) is 5.57 Å². The number of hydrogen-bond donors (Lipinski definition) is 1. The molecule has 0 aliphatic carbocycles. The van der Waals surface area contributed by atoms with Crippen LogP contribution in [0.1, 0.15) is 44.3 Å². The van der Waals surface area contributed by atoms with E-state index < -0.39 is 0 Å². The van der Waals surface area contributed by atoms with E-state index in [1.165, 1.54) is 0 Å². The summed E-state index contributed by atoms with van der Waals surface area (Å²) in [6.07, 6.45) is 2.63. The van der Waals surface area contributed by atoms with Gasteiger partial charge >= 0.3 is 0 Å². The first kappa shape index (κ1) is 18.3. The normalized spacial score (nSPS) is 10.8. The Hall–Kier alpha value is -3.07. The minimum atomic E-state index is 0.140. The van der Waals surface area contributed by atoms with E-state index in [2.05, 4.69) is 35.9 Å². The maximum absolute atomic E-state index is 9.08. The highest BCUT2D eigenvalue weighted by Crippen LogP contribution is 2.21. The SMILES string of the molecule is C=C(C)c1nc(C#N)c(N/N=C/c2cccc(OCCC(C)C)c2)o1. The van der Waals surface area contributed by atoms with Crippen LogP contribution in [0, 0.1) is 17.2 Å². The summed E-state index contributed by atoms with van der Waals surface area (Å²) in [6.45, 7) is 10.5. The van der Waals surface area contributed by atoms with Crippen LogP contribution < -0.4 is 10.2 Å². The van der Waals surface area contributed by atoms with Gasteiger partial charge in [0.1, 0.15) is 11.8 Å². The number of nitrogens with zero attached hydrogens (tertiary/aromatic N) is 3. The van der Waals surface area contributed by atoms with Crippen molar-refractivity contribution in [3.63, 3.8) is 0 Å². The molecule has 2 aromatic rings. The standard InChI is InChI=1S/C19H22N4O2/c1-13(2)8-9-24-16-7-5-6-15(10-16)12-21-23-19-17(11-20)22-18(25-19)14(3)4/h5-7,10,12-13,23H,3,8-9H2,1-2,4H3/b21-12+. The molecule has 1 heterocycles. The van der Waals surface area contributed by atoms with Crippen LogP contribution >= 0.6 is 0 Å². The highest BCUT2D eigenvalue weighted by Gasteiger charge is 2.12. The average molecular weight is 338 g/mol. The molecular formula is C19H22N4O2. The van der Waals surface area contributed by atoms with Crippen molar-refractivity contribution in [2.24, 2.45) is 11.0 Å². The quantitative estimate of drug-likeness (QED) is 0.568. The number of nitriles is 1. The van der Waals surface area contributed by atoms with E-state index in [-0.39, 0.29) is 11.6 Å².